The lowest BCUT2D eigenvalue weighted by atomic mass is 10.3. The molecular weight excluding hydrogens is 421 g/mol. The minimum Gasteiger partial charge on any atom is -0.490 e. The number of nitrogens with zero attached hydrogens (tertiary/aromatic N) is 2. The quantitative estimate of drug-likeness (QED) is 0.430. The number of carbonyl (C=O) groups is 1. The summed E-state index contributed by atoms with van der Waals surface area (Å²) in [5, 5.41) is 14.4. The summed E-state index contributed by atoms with van der Waals surface area (Å²) in [6.45, 7) is 2.57. The van der Waals surface area contributed by atoms with Crippen LogP contribution in [0.5, 0.6) is 17.5 Å². The fourth-order valence-electron chi connectivity index (χ4n) is 2.66. The van der Waals surface area contributed by atoms with Gasteiger partial charge in [0.25, 0.3) is 11.9 Å². The largest absolute Gasteiger partial charge is 0.573 e. The van der Waals surface area contributed by atoms with E-state index in [1.807, 2.05) is 6.92 Å². The normalized spacial score (nSPS) is 11.2. The molecule has 1 heterocycles. The molecule has 3 N–H and O–H groups in total. The summed E-state index contributed by atoms with van der Waals surface area (Å²) in [7, 11) is 1.62. The highest BCUT2D eigenvalue weighted by Crippen LogP contribution is 2.26. The summed E-state index contributed by atoms with van der Waals surface area (Å²) in [6, 6.07) is 5.35. The standard InChI is InChI=1S/C19H25F3N4O5/c1-3-26-15(17(28)24-8-5-9-27)16(23-2)25-18(26)30-11-10-29-13-6-4-7-14(12-13)31-19(20,21)22/h4,6-7,12,23,27H,3,5,8-11H2,1-2H3,(H,24,28). The van der Waals surface area contributed by atoms with E-state index in [2.05, 4.69) is 20.4 Å². The number of benzene rings is 1. The molecule has 31 heavy (non-hydrogen) atoms. The van der Waals surface area contributed by atoms with Gasteiger partial charge in [0, 0.05) is 32.8 Å². The first-order valence-corrected chi connectivity index (χ1v) is 9.57. The molecule has 2 aromatic rings. The van der Waals surface area contributed by atoms with Crippen LogP contribution in [0.3, 0.4) is 0 Å². The zero-order valence-electron chi connectivity index (χ0n) is 17.2. The van der Waals surface area contributed by atoms with Crippen LogP contribution < -0.4 is 24.8 Å². The second kappa shape index (κ2) is 11.3. The topological polar surface area (TPSA) is 107 Å². The number of halogens is 3. The second-order valence-corrected chi connectivity index (χ2v) is 6.14. The van der Waals surface area contributed by atoms with E-state index in [9.17, 15) is 18.0 Å². The van der Waals surface area contributed by atoms with Crippen LogP contribution in [0.15, 0.2) is 24.3 Å². The Morgan fingerprint density at radius 3 is 2.58 bits per heavy atom. The summed E-state index contributed by atoms with van der Waals surface area (Å²) in [6.07, 6.45) is -4.36. The first-order chi connectivity index (χ1) is 14.8. The number of imidazole rings is 1. The molecule has 0 aliphatic carbocycles. The molecular formula is C19H25F3N4O5. The van der Waals surface area contributed by atoms with Gasteiger partial charge < -0.3 is 30.0 Å². The van der Waals surface area contributed by atoms with Crippen molar-refractivity contribution in [3.63, 3.8) is 0 Å². The summed E-state index contributed by atoms with van der Waals surface area (Å²) >= 11 is 0. The summed E-state index contributed by atoms with van der Waals surface area (Å²) < 4.78 is 53.4. The van der Waals surface area contributed by atoms with E-state index in [4.69, 9.17) is 14.6 Å². The molecule has 1 aromatic carbocycles. The monoisotopic (exact) mass is 446 g/mol. The van der Waals surface area contributed by atoms with Gasteiger partial charge in [0.1, 0.15) is 24.7 Å². The number of hydrogen-bond donors (Lipinski definition) is 3. The first kappa shape index (κ1) is 24.1. The van der Waals surface area contributed by atoms with Crippen molar-refractivity contribution in [1.29, 1.82) is 0 Å². The minimum absolute atomic E-state index is 0.0267. The molecule has 1 amide bonds. The lowest BCUT2D eigenvalue weighted by Gasteiger charge is -2.12. The number of aliphatic hydroxyl groups excluding tert-OH is 1. The van der Waals surface area contributed by atoms with Gasteiger partial charge in [0.2, 0.25) is 0 Å². The van der Waals surface area contributed by atoms with Gasteiger partial charge in [-0.05, 0) is 25.5 Å². The van der Waals surface area contributed by atoms with Gasteiger partial charge in [-0.2, -0.15) is 4.98 Å². The van der Waals surface area contributed by atoms with Gasteiger partial charge in [0.15, 0.2) is 11.5 Å². The number of alkyl halides is 3. The molecule has 0 aliphatic heterocycles. The van der Waals surface area contributed by atoms with Crippen LogP contribution in [0.25, 0.3) is 0 Å². The van der Waals surface area contributed by atoms with Crippen molar-refractivity contribution in [3.05, 3.63) is 30.0 Å². The Labute approximate surface area is 177 Å². The highest BCUT2D eigenvalue weighted by Gasteiger charge is 2.31. The molecule has 0 radical (unpaired) electrons. The summed E-state index contributed by atoms with van der Waals surface area (Å²) in [4.78, 5) is 16.7. The number of amides is 1. The third kappa shape index (κ3) is 7.24. The lowest BCUT2D eigenvalue weighted by Crippen LogP contribution is -2.28. The molecule has 0 spiro atoms. The van der Waals surface area contributed by atoms with E-state index in [0.717, 1.165) is 6.07 Å². The fraction of sp³-hybridized carbons (Fsp3) is 0.474. The van der Waals surface area contributed by atoms with Crippen LogP contribution in [-0.4, -0.2) is 60.3 Å². The number of rotatable bonds is 12. The fourth-order valence-corrected chi connectivity index (χ4v) is 2.66. The molecule has 0 fully saturated rings. The molecule has 0 aliphatic rings. The maximum atomic E-state index is 12.5. The molecule has 1 aromatic heterocycles. The van der Waals surface area contributed by atoms with Gasteiger partial charge in [0.05, 0.1) is 0 Å². The van der Waals surface area contributed by atoms with Crippen molar-refractivity contribution >= 4 is 11.7 Å². The van der Waals surface area contributed by atoms with Crippen molar-refractivity contribution in [2.75, 3.05) is 38.7 Å². The maximum Gasteiger partial charge on any atom is 0.573 e. The summed E-state index contributed by atoms with van der Waals surface area (Å²) in [5.41, 5.74) is 0.288. The molecule has 12 heteroatoms. The number of anilines is 1. The van der Waals surface area contributed by atoms with E-state index in [-0.39, 0.29) is 48.9 Å². The Morgan fingerprint density at radius 1 is 1.23 bits per heavy atom. The number of nitrogens with one attached hydrogen (secondary N) is 2. The molecule has 0 unspecified atom stereocenters. The number of hydrogen-bond acceptors (Lipinski definition) is 7. The van der Waals surface area contributed by atoms with Crippen molar-refractivity contribution in [2.24, 2.45) is 0 Å². The predicted octanol–water partition coefficient (Wildman–Crippen LogP) is 2.41. The first-order valence-electron chi connectivity index (χ1n) is 9.57. The van der Waals surface area contributed by atoms with Gasteiger partial charge in [-0.15, -0.1) is 13.2 Å². The van der Waals surface area contributed by atoms with E-state index >= 15 is 0 Å². The minimum atomic E-state index is -4.79. The molecule has 0 saturated heterocycles. The second-order valence-electron chi connectivity index (χ2n) is 6.14. The van der Waals surface area contributed by atoms with Crippen molar-refractivity contribution < 1.29 is 37.3 Å². The number of aliphatic hydroxyl groups is 1. The van der Waals surface area contributed by atoms with Crippen molar-refractivity contribution in [2.45, 2.75) is 26.3 Å². The zero-order valence-corrected chi connectivity index (χ0v) is 17.2. The van der Waals surface area contributed by atoms with Crippen LogP contribution in [0, 0.1) is 0 Å². The average molecular weight is 446 g/mol. The predicted molar refractivity (Wildman–Crippen MR) is 106 cm³/mol. The van der Waals surface area contributed by atoms with Gasteiger partial charge in [-0.25, -0.2) is 0 Å². The Hall–Kier alpha value is -3.15. The maximum absolute atomic E-state index is 12.5. The highest BCUT2D eigenvalue weighted by molar-refractivity contribution is 5.97. The lowest BCUT2D eigenvalue weighted by molar-refractivity contribution is -0.274. The van der Waals surface area contributed by atoms with Crippen LogP contribution in [0.1, 0.15) is 23.8 Å². The number of carbonyl (C=O) groups excluding carboxylic acids is 1. The van der Waals surface area contributed by atoms with E-state index in [0.29, 0.717) is 25.3 Å². The molecule has 9 nitrogen and oxygen atoms in total. The van der Waals surface area contributed by atoms with Gasteiger partial charge in [-0.3, -0.25) is 9.36 Å². The Balaban J connectivity index is 1.98. The zero-order chi connectivity index (χ0) is 22.9. The molecule has 2 rings (SSSR count). The van der Waals surface area contributed by atoms with Crippen LogP contribution in [0.4, 0.5) is 19.0 Å². The molecule has 0 saturated carbocycles. The number of aromatic nitrogens is 2. The Morgan fingerprint density at radius 2 is 1.94 bits per heavy atom. The van der Waals surface area contributed by atoms with Crippen LogP contribution in [0.2, 0.25) is 0 Å². The SMILES string of the molecule is CCn1c(OCCOc2cccc(OC(F)(F)F)c2)nc(NC)c1C(=O)NCCCO. The Kier molecular flexibility index (Phi) is 8.79. The van der Waals surface area contributed by atoms with Gasteiger partial charge >= 0.3 is 6.36 Å². The molecule has 172 valence electrons. The average Bonchev–Trinajstić information content (AvgIpc) is 3.08. The molecule has 0 bridgehead atoms. The van der Waals surface area contributed by atoms with E-state index in [1.54, 1.807) is 11.6 Å². The third-order valence-electron chi connectivity index (χ3n) is 3.94. The highest BCUT2D eigenvalue weighted by atomic mass is 19.4. The van der Waals surface area contributed by atoms with Crippen molar-refractivity contribution in [1.82, 2.24) is 14.9 Å². The van der Waals surface area contributed by atoms with Crippen molar-refractivity contribution in [3.8, 4) is 17.5 Å². The van der Waals surface area contributed by atoms with E-state index in [1.165, 1.54) is 18.2 Å². The smallest absolute Gasteiger partial charge is 0.490 e. The van der Waals surface area contributed by atoms with Crippen LogP contribution >= 0.6 is 0 Å². The van der Waals surface area contributed by atoms with Crippen LogP contribution in [-0.2, 0) is 6.54 Å². The third-order valence-corrected chi connectivity index (χ3v) is 3.94. The van der Waals surface area contributed by atoms with Gasteiger partial charge in [-0.1, -0.05) is 6.07 Å². The molecule has 0 atom stereocenters. The van der Waals surface area contributed by atoms with E-state index < -0.39 is 6.36 Å². The summed E-state index contributed by atoms with van der Waals surface area (Å²) in [5.74, 6) is -0.233. The Bertz CT molecular complexity index is 858. The number of ether oxygens (including phenoxy) is 3.